The normalized spacial score (nSPS) is 11.2. The molecule has 0 atom stereocenters. The van der Waals surface area contributed by atoms with Crippen LogP contribution in [-0.4, -0.2) is 11.4 Å². The first-order chi connectivity index (χ1) is 11.3. The molecule has 0 aliphatic heterocycles. The number of carbonyl (C=O) groups excluding carboxylic acids is 1. The maximum absolute atomic E-state index is 13.7. The van der Waals surface area contributed by atoms with Gasteiger partial charge in [-0.25, -0.2) is 4.39 Å². The number of benzene rings is 2. The molecule has 0 unspecified atom stereocenters. The van der Waals surface area contributed by atoms with E-state index in [1.807, 2.05) is 20.8 Å². The van der Waals surface area contributed by atoms with Gasteiger partial charge in [0.1, 0.15) is 5.82 Å². The van der Waals surface area contributed by atoms with Crippen LogP contribution in [0.25, 0.3) is 0 Å². The van der Waals surface area contributed by atoms with E-state index in [2.05, 4.69) is 10.6 Å². The van der Waals surface area contributed by atoms with Gasteiger partial charge in [0.25, 0.3) is 5.91 Å². The number of amides is 1. The number of halogens is 2. The van der Waals surface area contributed by atoms with Crippen molar-refractivity contribution in [2.45, 2.75) is 39.3 Å². The van der Waals surface area contributed by atoms with Crippen LogP contribution in [0.5, 0.6) is 0 Å². The van der Waals surface area contributed by atoms with Crippen LogP contribution < -0.4 is 10.6 Å². The zero-order valence-electron chi connectivity index (χ0n) is 14.1. The highest BCUT2D eigenvalue weighted by Crippen LogP contribution is 2.20. The monoisotopic (exact) mass is 348 g/mol. The Kier molecular flexibility index (Phi) is 5.84. The summed E-state index contributed by atoms with van der Waals surface area (Å²) in [5.74, 6) is -0.446. The highest BCUT2D eigenvalue weighted by molar-refractivity contribution is 6.31. The molecule has 2 aromatic rings. The predicted molar refractivity (Wildman–Crippen MR) is 97.0 cm³/mol. The van der Waals surface area contributed by atoms with Crippen molar-refractivity contribution in [2.24, 2.45) is 0 Å². The van der Waals surface area contributed by atoms with Crippen LogP contribution in [-0.2, 0) is 6.54 Å². The average Bonchev–Trinajstić information content (AvgIpc) is 2.54. The molecule has 128 valence electrons. The van der Waals surface area contributed by atoms with Crippen LogP contribution in [0.2, 0.25) is 5.02 Å². The fourth-order valence-electron chi connectivity index (χ4n) is 2.10. The summed E-state index contributed by atoms with van der Waals surface area (Å²) in [6, 6.07) is 11.7. The van der Waals surface area contributed by atoms with Gasteiger partial charge in [0, 0.05) is 33.9 Å². The lowest BCUT2D eigenvalue weighted by Crippen LogP contribution is -2.42. The Bertz CT molecular complexity index is 694. The highest BCUT2D eigenvalue weighted by Gasteiger charge is 2.18. The molecule has 0 bridgehead atoms. The van der Waals surface area contributed by atoms with Crippen molar-refractivity contribution in [1.29, 1.82) is 0 Å². The number of rotatable bonds is 6. The van der Waals surface area contributed by atoms with Crippen molar-refractivity contribution >= 4 is 23.2 Å². The number of hydrogen-bond donors (Lipinski definition) is 2. The molecular formula is C19H22ClFN2O. The largest absolute Gasteiger partial charge is 0.381 e. The molecule has 0 radical (unpaired) electrons. The van der Waals surface area contributed by atoms with Gasteiger partial charge >= 0.3 is 0 Å². The molecule has 3 nitrogen and oxygen atoms in total. The number of nitrogens with one attached hydrogen (secondary N) is 2. The zero-order chi connectivity index (χ0) is 17.7. The van der Waals surface area contributed by atoms with E-state index in [4.69, 9.17) is 11.6 Å². The summed E-state index contributed by atoms with van der Waals surface area (Å²) in [5, 5.41) is 6.49. The third-order valence-electron chi connectivity index (χ3n) is 4.01. The van der Waals surface area contributed by atoms with Gasteiger partial charge in [0.15, 0.2) is 0 Å². The maximum Gasteiger partial charge on any atom is 0.251 e. The fourth-order valence-corrected chi connectivity index (χ4v) is 2.33. The lowest BCUT2D eigenvalue weighted by atomic mass is 10.0. The summed E-state index contributed by atoms with van der Waals surface area (Å²) in [6.45, 7) is 6.28. The summed E-state index contributed by atoms with van der Waals surface area (Å²) in [7, 11) is 0. The van der Waals surface area contributed by atoms with Crippen LogP contribution >= 0.6 is 11.6 Å². The molecule has 2 rings (SSSR count). The molecule has 5 heteroatoms. The minimum Gasteiger partial charge on any atom is -0.381 e. The van der Waals surface area contributed by atoms with E-state index < -0.39 is 0 Å². The Morgan fingerprint density at radius 2 is 1.83 bits per heavy atom. The first kappa shape index (κ1) is 18.3. The molecule has 2 N–H and O–H groups in total. The molecule has 0 heterocycles. The van der Waals surface area contributed by atoms with Gasteiger partial charge in [0.05, 0.1) is 0 Å². The standard InChI is InChI=1S/C19H22ClFN2O/c1-4-19(2,3)23-18(24)13-8-10-14(11-9-13)22-12-15-16(20)6-5-7-17(15)21/h5-11,22H,4,12H2,1-3H3,(H,23,24). The minimum absolute atomic E-state index is 0.106. The first-order valence-corrected chi connectivity index (χ1v) is 8.29. The topological polar surface area (TPSA) is 41.1 Å². The van der Waals surface area contributed by atoms with Crippen molar-refractivity contribution in [1.82, 2.24) is 5.32 Å². The second-order valence-corrected chi connectivity index (χ2v) is 6.73. The molecule has 0 aliphatic carbocycles. The van der Waals surface area contributed by atoms with E-state index in [0.717, 1.165) is 12.1 Å². The molecule has 0 saturated carbocycles. The summed E-state index contributed by atoms with van der Waals surface area (Å²) < 4.78 is 13.7. The first-order valence-electron chi connectivity index (χ1n) is 7.92. The fraction of sp³-hybridized carbons (Fsp3) is 0.316. The van der Waals surface area contributed by atoms with Gasteiger partial charge in [-0.2, -0.15) is 0 Å². The molecule has 0 aromatic heterocycles. The molecule has 0 spiro atoms. The van der Waals surface area contributed by atoms with Gasteiger partial charge in [-0.15, -0.1) is 0 Å². The summed E-state index contributed by atoms with van der Waals surface area (Å²) in [4.78, 5) is 12.2. The Labute approximate surface area is 147 Å². The molecule has 0 saturated heterocycles. The Morgan fingerprint density at radius 1 is 1.17 bits per heavy atom. The summed E-state index contributed by atoms with van der Waals surface area (Å²) >= 11 is 6.00. The van der Waals surface area contributed by atoms with E-state index in [1.165, 1.54) is 6.07 Å². The SMILES string of the molecule is CCC(C)(C)NC(=O)c1ccc(NCc2c(F)cccc2Cl)cc1. The highest BCUT2D eigenvalue weighted by atomic mass is 35.5. The van der Waals surface area contributed by atoms with Crippen LogP contribution in [0.4, 0.5) is 10.1 Å². The molecule has 0 aliphatic rings. The number of anilines is 1. The van der Waals surface area contributed by atoms with Crippen molar-refractivity contribution < 1.29 is 9.18 Å². The second-order valence-electron chi connectivity index (χ2n) is 6.32. The van der Waals surface area contributed by atoms with E-state index in [-0.39, 0.29) is 23.8 Å². The summed E-state index contributed by atoms with van der Waals surface area (Å²) in [6.07, 6.45) is 0.849. The number of hydrogen-bond acceptors (Lipinski definition) is 2. The van der Waals surface area contributed by atoms with Gasteiger partial charge in [-0.1, -0.05) is 24.6 Å². The zero-order valence-corrected chi connectivity index (χ0v) is 14.9. The maximum atomic E-state index is 13.7. The molecule has 1 amide bonds. The van der Waals surface area contributed by atoms with Gasteiger partial charge in [0.2, 0.25) is 0 Å². The van der Waals surface area contributed by atoms with Crippen LogP contribution in [0, 0.1) is 5.82 Å². The Hall–Kier alpha value is -2.07. The van der Waals surface area contributed by atoms with Crippen molar-refractivity contribution in [3.63, 3.8) is 0 Å². The van der Waals surface area contributed by atoms with Gasteiger partial charge in [-0.05, 0) is 56.7 Å². The van der Waals surface area contributed by atoms with E-state index in [9.17, 15) is 9.18 Å². The van der Waals surface area contributed by atoms with Crippen molar-refractivity contribution in [2.75, 3.05) is 5.32 Å². The van der Waals surface area contributed by atoms with Crippen molar-refractivity contribution in [3.8, 4) is 0 Å². The van der Waals surface area contributed by atoms with Crippen molar-refractivity contribution in [3.05, 3.63) is 64.4 Å². The van der Waals surface area contributed by atoms with E-state index in [1.54, 1.807) is 36.4 Å². The smallest absolute Gasteiger partial charge is 0.251 e. The van der Waals surface area contributed by atoms with Gasteiger partial charge in [-0.3, -0.25) is 4.79 Å². The lowest BCUT2D eigenvalue weighted by molar-refractivity contribution is 0.0911. The third-order valence-corrected chi connectivity index (χ3v) is 4.37. The summed E-state index contributed by atoms with van der Waals surface area (Å²) in [5.41, 5.74) is 1.56. The Balaban J connectivity index is 2.01. The molecule has 24 heavy (non-hydrogen) atoms. The predicted octanol–water partition coefficient (Wildman–Crippen LogP) is 5.01. The second kappa shape index (κ2) is 7.67. The van der Waals surface area contributed by atoms with Gasteiger partial charge < -0.3 is 10.6 Å². The molecular weight excluding hydrogens is 327 g/mol. The average molecular weight is 349 g/mol. The van der Waals surface area contributed by atoms with Crippen LogP contribution in [0.1, 0.15) is 43.1 Å². The van der Waals surface area contributed by atoms with E-state index >= 15 is 0 Å². The quantitative estimate of drug-likeness (QED) is 0.770. The van der Waals surface area contributed by atoms with E-state index in [0.29, 0.717) is 16.1 Å². The molecule has 0 fully saturated rings. The van der Waals surface area contributed by atoms with Crippen LogP contribution in [0.3, 0.4) is 0 Å². The third kappa shape index (κ3) is 4.71. The Morgan fingerprint density at radius 3 is 2.42 bits per heavy atom. The minimum atomic E-state index is -0.340. The number of carbonyl (C=O) groups is 1. The van der Waals surface area contributed by atoms with Crippen LogP contribution in [0.15, 0.2) is 42.5 Å². The molecule has 2 aromatic carbocycles. The lowest BCUT2D eigenvalue weighted by Gasteiger charge is -2.24.